The van der Waals surface area contributed by atoms with Gasteiger partial charge in [0.25, 0.3) is 11.8 Å². The Balaban J connectivity index is 1.47. The summed E-state index contributed by atoms with van der Waals surface area (Å²) in [6.45, 7) is 0. The minimum atomic E-state index is -2.86. The molecule has 6 atom stereocenters. The molecule has 0 radical (unpaired) electrons. The number of phenolic OH excluding ortho intramolecular Hbond substituents is 1. The molecule has 2 saturated heterocycles. The average Bonchev–Trinajstić information content (AvgIpc) is 3.45. The predicted molar refractivity (Wildman–Crippen MR) is 172 cm³/mol. The summed E-state index contributed by atoms with van der Waals surface area (Å²) >= 11 is 20.3. The van der Waals surface area contributed by atoms with Gasteiger partial charge in [0.15, 0.2) is 33.0 Å². The summed E-state index contributed by atoms with van der Waals surface area (Å²) in [4.78, 5) is 51.8. The van der Waals surface area contributed by atoms with Crippen molar-refractivity contribution in [2.75, 3.05) is 24.0 Å². The third kappa shape index (κ3) is 4.51. The zero-order valence-electron chi connectivity index (χ0n) is 26.1. The van der Waals surface area contributed by atoms with Crippen LogP contribution in [0.25, 0.3) is 0 Å². The van der Waals surface area contributed by atoms with Gasteiger partial charge in [-0.2, -0.15) is 0 Å². The molecule has 0 aromatic heterocycles. The largest absolute Gasteiger partial charge is 0.507 e. The average molecular weight is 772 g/mol. The minimum Gasteiger partial charge on any atom is -0.507 e. The van der Waals surface area contributed by atoms with Crippen LogP contribution >= 0.6 is 34.8 Å². The smallest absolute Gasteiger partial charge is 0.258 e. The van der Waals surface area contributed by atoms with Crippen molar-refractivity contribution in [1.29, 1.82) is 0 Å². The molecule has 266 valence electrons. The second-order valence-electron chi connectivity index (χ2n) is 12.4. The van der Waals surface area contributed by atoms with E-state index in [4.69, 9.17) is 44.3 Å². The van der Waals surface area contributed by atoms with E-state index in [1.54, 1.807) is 0 Å². The Morgan fingerprint density at radius 2 is 1.41 bits per heavy atom. The number of aromatic hydroxyl groups is 1. The first kappa shape index (κ1) is 35.0. The van der Waals surface area contributed by atoms with Gasteiger partial charge in [0.2, 0.25) is 17.6 Å². The topological polar surface area (TPSA) is 113 Å². The monoisotopic (exact) mass is 770 g/mol. The molecule has 2 aliphatic carbocycles. The van der Waals surface area contributed by atoms with Gasteiger partial charge in [-0.3, -0.25) is 24.1 Å². The SMILES string of the molecule is COc1cc(O)c(C2C3=CCC4C(=O)N(c5ccc(Cl)cc5)C(=O)C4C3CC3(Cl)C(=O)N(c4c(F)c(F)c(F)c(F)c4F)C(=O)C23Cl)c(OC)c1. The molecule has 3 aromatic carbocycles. The van der Waals surface area contributed by atoms with Gasteiger partial charge in [0, 0.05) is 28.6 Å². The summed E-state index contributed by atoms with van der Waals surface area (Å²) in [5.74, 6) is -23.1. The van der Waals surface area contributed by atoms with E-state index in [9.17, 15) is 37.5 Å². The number of amides is 4. The standard InChI is InChI=1S/C34H22Cl3F5N2O7/c1-50-14-9-18(45)21(19(10-14)51-2)22-15-7-8-16-20(30(47)43(29(16)46)13-5-3-12(35)4-6-13)17(15)11-33(36)31(48)44(32(49)34(22,33)37)28-26(41)24(39)23(38)25(40)27(28)42/h3-7,9-10,16-17,20,22,45H,8,11H2,1-2H3. The van der Waals surface area contributed by atoms with Gasteiger partial charge in [0.05, 0.1) is 31.7 Å². The first-order valence-corrected chi connectivity index (χ1v) is 16.2. The molecular weight excluding hydrogens is 750 g/mol. The molecule has 4 aliphatic rings. The van der Waals surface area contributed by atoms with E-state index in [0.717, 1.165) is 11.0 Å². The highest BCUT2D eigenvalue weighted by molar-refractivity contribution is 6.58. The lowest BCUT2D eigenvalue weighted by Gasteiger charge is -2.50. The molecule has 0 spiro atoms. The van der Waals surface area contributed by atoms with E-state index < -0.39 is 104 Å². The third-order valence-electron chi connectivity index (χ3n) is 10.1. The summed E-state index contributed by atoms with van der Waals surface area (Å²) in [7, 11) is 2.46. The number of carbonyl (C=O) groups is 4. The summed E-state index contributed by atoms with van der Waals surface area (Å²) in [5.41, 5.74) is -1.89. The van der Waals surface area contributed by atoms with Crippen LogP contribution in [0.4, 0.5) is 33.3 Å². The fraction of sp³-hybridized carbons (Fsp3) is 0.294. The minimum absolute atomic E-state index is 0.0611. The molecule has 4 amide bonds. The number of ether oxygens (including phenoxy) is 2. The van der Waals surface area contributed by atoms with Gasteiger partial charge in [-0.25, -0.2) is 26.9 Å². The molecule has 3 fully saturated rings. The van der Waals surface area contributed by atoms with E-state index >= 15 is 8.78 Å². The lowest BCUT2D eigenvalue weighted by atomic mass is 9.56. The summed E-state index contributed by atoms with van der Waals surface area (Å²) in [6, 6.07) is 8.22. The van der Waals surface area contributed by atoms with Crippen molar-refractivity contribution >= 4 is 69.8 Å². The van der Waals surface area contributed by atoms with Crippen molar-refractivity contribution < 1.29 is 55.7 Å². The number of alkyl halides is 2. The fourth-order valence-corrected chi connectivity index (χ4v) is 8.94. The van der Waals surface area contributed by atoms with Gasteiger partial charge < -0.3 is 14.6 Å². The Morgan fingerprint density at radius 3 is 2.00 bits per heavy atom. The van der Waals surface area contributed by atoms with Crippen molar-refractivity contribution in [2.45, 2.75) is 28.5 Å². The maximum absolute atomic E-state index is 15.3. The molecule has 1 saturated carbocycles. The van der Waals surface area contributed by atoms with Crippen molar-refractivity contribution in [2.24, 2.45) is 17.8 Å². The Kier molecular flexibility index (Phi) is 8.12. The van der Waals surface area contributed by atoms with Crippen LogP contribution in [0.5, 0.6) is 17.2 Å². The highest BCUT2D eigenvalue weighted by Gasteiger charge is 2.77. The van der Waals surface area contributed by atoms with E-state index in [0.29, 0.717) is 5.02 Å². The fourth-order valence-electron chi connectivity index (χ4n) is 7.89. The number of methoxy groups -OCH3 is 2. The molecule has 0 bridgehead atoms. The number of rotatable bonds is 5. The summed E-state index contributed by atoms with van der Waals surface area (Å²) in [6.07, 6.45) is 0.674. The number of hydrogen-bond acceptors (Lipinski definition) is 7. The zero-order chi connectivity index (χ0) is 37.1. The quantitative estimate of drug-likeness (QED) is 0.0785. The number of phenols is 1. The molecule has 1 N–H and O–H groups in total. The number of nitrogens with zero attached hydrogens (tertiary/aromatic N) is 2. The number of anilines is 2. The van der Waals surface area contributed by atoms with Gasteiger partial charge in [-0.1, -0.05) is 23.3 Å². The van der Waals surface area contributed by atoms with Crippen molar-refractivity contribution in [3.8, 4) is 17.2 Å². The molecule has 6 unspecified atom stereocenters. The van der Waals surface area contributed by atoms with E-state index in [1.165, 1.54) is 50.6 Å². The lowest BCUT2D eigenvalue weighted by Crippen LogP contribution is -2.60. The third-order valence-corrected chi connectivity index (χ3v) is 11.8. The second-order valence-corrected chi connectivity index (χ2v) is 14.1. The molecule has 2 aliphatic heterocycles. The van der Waals surface area contributed by atoms with Gasteiger partial charge in [-0.15, -0.1) is 23.2 Å². The molecule has 7 rings (SSSR count). The van der Waals surface area contributed by atoms with Crippen molar-refractivity contribution in [1.82, 2.24) is 0 Å². The molecule has 17 heteroatoms. The Labute approximate surface area is 300 Å². The number of halogens is 8. The Morgan fingerprint density at radius 1 is 0.804 bits per heavy atom. The maximum atomic E-state index is 15.3. The Bertz CT molecular complexity index is 2110. The first-order valence-electron chi connectivity index (χ1n) is 15.1. The van der Waals surface area contributed by atoms with Crippen LogP contribution in [-0.4, -0.2) is 52.7 Å². The van der Waals surface area contributed by atoms with Gasteiger partial charge in [-0.05, 0) is 43.0 Å². The highest BCUT2D eigenvalue weighted by Crippen LogP contribution is 2.67. The molecule has 2 heterocycles. The van der Waals surface area contributed by atoms with E-state index in [2.05, 4.69) is 0 Å². The van der Waals surface area contributed by atoms with Crippen LogP contribution in [0.1, 0.15) is 24.3 Å². The number of hydrogen-bond donors (Lipinski definition) is 1. The summed E-state index contributed by atoms with van der Waals surface area (Å²) in [5, 5.41) is 11.7. The number of carbonyl (C=O) groups excluding carboxylic acids is 4. The van der Waals surface area contributed by atoms with Crippen molar-refractivity contribution in [3.05, 3.63) is 87.7 Å². The lowest BCUT2D eigenvalue weighted by molar-refractivity contribution is -0.125. The molecular formula is C34H22Cl3F5N2O7. The number of fused-ring (bicyclic) bond motifs is 4. The first-order chi connectivity index (χ1) is 24.0. The number of benzene rings is 3. The zero-order valence-corrected chi connectivity index (χ0v) is 28.3. The highest BCUT2D eigenvalue weighted by atomic mass is 35.5. The second kappa shape index (κ2) is 11.8. The molecule has 9 nitrogen and oxygen atoms in total. The van der Waals surface area contributed by atoms with Gasteiger partial charge in [0.1, 0.15) is 22.9 Å². The predicted octanol–water partition coefficient (Wildman–Crippen LogP) is 6.53. The van der Waals surface area contributed by atoms with E-state index in [-0.39, 0.29) is 39.6 Å². The van der Waals surface area contributed by atoms with Crippen LogP contribution in [0.15, 0.2) is 48.0 Å². The van der Waals surface area contributed by atoms with Crippen LogP contribution in [0.2, 0.25) is 5.02 Å². The molecule has 3 aromatic rings. The van der Waals surface area contributed by atoms with Crippen LogP contribution in [-0.2, 0) is 19.2 Å². The van der Waals surface area contributed by atoms with Crippen molar-refractivity contribution in [3.63, 3.8) is 0 Å². The summed E-state index contributed by atoms with van der Waals surface area (Å²) < 4.78 is 84.3. The number of imide groups is 2. The number of allylic oxidation sites excluding steroid dienone is 2. The molecule has 51 heavy (non-hydrogen) atoms. The Hall–Kier alpha value is -4.40. The van der Waals surface area contributed by atoms with Gasteiger partial charge >= 0.3 is 0 Å². The van der Waals surface area contributed by atoms with Crippen LogP contribution in [0.3, 0.4) is 0 Å². The normalized spacial score (nSPS) is 28.5. The van der Waals surface area contributed by atoms with Crippen LogP contribution < -0.4 is 19.3 Å². The van der Waals surface area contributed by atoms with E-state index in [1.807, 2.05) is 0 Å². The maximum Gasteiger partial charge on any atom is 0.258 e. The van der Waals surface area contributed by atoms with Crippen LogP contribution in [0, 0.1) is 46.8 Å².